The Balaban J connectivity index is 1.46. The standard InChI is InChI=1S/C28H27NO2S/c30-26-16-17-28(21-10-4-1-5-11-21,22-12-6-2-7-13-22)25-19-29(18-24(25)26)27(31)20-32-23-14-8-3-9-15-23/h1-15,24-25H,16-20H2. The van der Waals surface area contributed by atoms with E-state index in [0.29, 0.717) is 31.0 Å². The fourth-order valence-corrected chi connectivity index (χ4v) is 6.45. The molecule has 0 aromatic heterocycles. The van der Waals surface area contributed by atoms with Crippen molar-refractivity contribution >= 4 is 23.5 Å². The number of thioether (sulfide) groups is 1. The van der Waals surface area contributed by atoms with Crippen LogP contribution in [0.15, 0.2) is 95.9 Å². The molecule has 0 N–H and O–H groups in total. The molecule has 0 spiro atoms. The van der Waals surface area contributed by atoms with Gasteiger partial charge >= 0.3 is 0 Å². The number of carbonyl (C=O) groups is 2. The van der Waals surface area contributed by atoms with Crippen LogP contribution < -0.4 is 0 Å². The number of rotatable bonds is 5. The number of likely N-dealkylation sites (tertiary alicyclic amines) is 1. The molecule has 32 heavy (non-hydrogen) atoms. The van der Waals surface area contributed by atoms with Crippen LogP contribution in [0.4, 0.5) is 0 Å². The summed E-state index contributed by atoms with van der Waals surface area (Å²) < 4.78 is 0. The first-order valence-electron chi connectivity index (χ1n) is 11.3. The van der Waals surface area contributed by atoms with Gasteiger partial charge in [0.2, 0.25) is 5.91 Å². The zero-order valence-corrected chi connectivity index (χ0v) is 18.8. The second-order valence-electron chi connectivity index (χ2n) is 8.78. The van der Waals surface area contributed by atoms with Crippen LogP contribution in [0, 0.1) is 11.8 Å². The maximum Gasteiger partial charge on any atom is 0.232 e. The van der Waals surface area contributed by atoms with Gasteiger partial charge in [-0.05, 0) is 29.7 Å². The van der Waals surface area contributed by atoms with Crippen LogP contribution in [0.5, 0.6) is 0 Å². The first kappa shape index (κ1) is 21.0. The second kappa shape index (κ2) is 8.95. The molecule has 2 aliphatic rings. The fraction of sp³-hybridized carbons (Fsp3) is 0.286. The van der Waals surface area contributed by atoms with Crippen molar-refractivity contribution in [2.24, 2.45) is 11.8 Å². The van der Waals surface area contributed by atoms with Crippen LogP contribution in [0.25, 0.3) is 0 Å². The Morgan fingerprint density at radius 2 is 1.41 bits per heavy atom. The summed E-state index contributed by atoms with van der Waals surface area (Å²) in [5.41, 5.74) is 2.26. The van der Waals surface area contributed by atoms with Gasteiger partial charge in [-0.2, -0.15) is 0 Å². The molecular weight excluding hydrogens is 414 g/mol. The highest BCUT2D eigenvalue weighted by atomic mass is 32.2. The Morgan fingerprint density at radius 1 is 0.844 bits per heavy atom. The number of amides is 1. The predicted octanol–water partition coefficient (Wildman–Crippen LogP) is 5.20. The second-order valence-corrected chi connectivity index (χ2v) is 9.83. The number of hydrogen-bond donors (Lipinski definition) is 0. The topological polar surface area (TPSA) is 37.4 Å². The fourth-order valence-electron chi connectivity index (χ4n) is 5.63. The third kappa shape index (κ3) is 3.77. The zero-order valence-electron chi connectivity index (χ0n) is 18.0. The zero-order chi connectivity index (χ0) is 22.0. The Labute approximate surface area is 193 Å². The van der Waals surface area contributed by atoms with Crippen molar-refractivity contribution in [3.05, 3.63) is 102 Å². The lowest BCUT2D eigenvalue weighted by Gasteiger charge is -2.45. The number of carbonyl (C=O) groups excluding carboxylic acids is 2. The Bertz CT molecular complexity index is 1040. The summed E-state index contributed by atoms with van der Waals surface area (Å²) in [5, 5.41) is 0. The third-order valence-electron chi connectivity index (χ3n) is 7.17. The molecule has 1 heterocycles. The Kier molecular flexibility index (Phi) is 5.88. The quantitative estimate of drug-likeness (QED) is 0.511. The molecule has 162 valence electrons. The average Bonchev–Trinajstić information content (AvgIpc) is 3.32. The van der Waals surface area contributed by atoms with Crippen molar-refractivity contribution in [3.8, 4) is 0 Å². The monoisotopic (exact) mass is 441 g/mol. The summed E-state index contributed by atoms with van der Waals surface area (Å²) in [5.74, 6) is 0.829. The number of benzene rings is 3. The van der Waals surface area contributed by atoms with Gasteiger partial charge in [0, 0.05) is 41.7 Å². The molecule has 0 bridgehead atoms. The van der Waals surface area contributed by atoms with Crippen molar-refractivity contribution in [1.82, 2.24) is 4.90 Å². The molecule has 3 aromatic carbocycles. The molecule has 3 aromatic rings. The van der Waals surface area contributed by atoms with Crippen LogP contribution in [-0.4, -0.2) is 35.4 Å². The predicted molar refractivity (Wildman–Crippen MR) is 129 cm³/mol. The molecule has 3 nitrogen and oxygen atoms in total. The molecular formula is C28H27NO2S. The highest BCUT2D eigenvalue weighted by Crippen LogP contribution is 2.52. The number of nitrogens with zero attached hydrogens (tertiary/aromatic N) is 1. The molecule has 1 amide bonds. The molecule has 1 aliphatic carbocycles. The summed E-state index contributed by atoms with van der Waals surface area (Å²) in [6, 6.07) is 31.2. The number of ketones is 1. The molecule has 2 fully saturated rings. The lowest BCUT2D eigenvalue weighted by molar-refractivity contribution is -0.128. The van der Waals surface area contributed by atoms with Gasteiger partial charge in [-0.25, -0.2) is 0 Å². The first-order chi connectivity index (χ1) is 15.7. The van der Waals surface area contributed by atoms with Crippen LogP contribution in [0.3, 0.4) is 0 Å². The van der Waals surface area contributed by atoms with Crippen LogP contribution in [0.1, 0.15) is 24.0 Å². The summed E-state index contributed by atoms with van der Waals surface area (Å²) in [6.45, 7) is 1.17. The number of hydrogen-bond acceptors (Lipinski definition) is 3. The Morgan fingerprint density at radius 3 is 2.00 bits per heavy atom. The third-order valence-corrected chi connectivity index (χ3v) is 8.16. The van der Waals surface area contributed by atoms with Crippen LogP contribution in [0.2, 0.25) is 0 Å². The summed E-state index contributed by atoms with van der Waals surface area (Å²) in [6.07, 6.45) is 1.35. The van der Waals surface area contributed by atoms with E-state index in [1.54, 1.807) is 11.8 Å². The highest BCUT2D eigenvalue weighted by molar-refractivity contribution is 8.00. The van der Waals surface area contributed by atoms with E-state index in [4.69, 9.17) is 0 Å². The molecule has 4 heteroatoms. The Hall–Kier alpha value is -2.85. The normalized spacial score (nSPS) is 21.9. The summed E-state index contributed by atoms with van der Waals surface area (Å²) in [7, 11) is 0. The molecule has 2 atom stereocenters. The SMILES string of the molecule is O=C1CCC(c2ccccc2)(c2ccccc2)C2CN(C(=O)CSc3ccccc3)CC12. The van der Waals surface area contributed by atoms with E-state index in [1.807, 2.05) is 47.4 Å². The van der Waals surface area contributed by atoms with Crippen molar-refractivity contribution in [2.75, 3.05) is 18.8 Å². The molecule has 0 radical (unpaired) electrons. The smallest absolute Gasteiger partial charge is 0.232 e. The van der Waals surface area contributed by atoms with E-state index in [0.717, 1.165) is 11.3 Å². The van der Waals surface area contributed by atoms with Crippen molar-refractivity contribution in [1.29, 1.82) is 0 Å². The first-order valence-corrected chi connectivity index (χ1v) is 12.3. The van der Waals surface area contributed by atoms with E-state index < -0.39 is 0 Å². The summed E-state index contributed by atoms with van der Waals surface area (Å²) in [4.78, 5) is 29.2. The van der Waals surface area contributed by atoms with E-state index in [2.05, 4.69) is 48.5 Å². The summed E-state index contributed by atoms with van der Waals surface area (Å²) >= 11 is 1.57. The molecule has 1 saturated carbocycles. The van der Waals surface area contributed by atoms with Gasteiger partial charge in [0.05, 0.1) is 5.75 Å². The van der Waals surface area contributed by atoms with E-state index in [9.17, 15) is 9.59 Å². The molecule has 1 aliphatic heterocycles. The minimum atomic E-state index is -0.247. The van der Waals surface area contributed by atoms with Gasteiger partial charge in [-0.3, -0.25) is 9.59 Å². The maximum absolute atomic E-state index is 13.1. The maximum atomic E-state index is 13.1. The highest BCUT2D eigenvalue weighted by Gasteiger charge is 2.55. The van der Waals surface area contributed by atoms with Crippen LogP contribution >= 0.6 is 11.8 Å². The van der Waals surface area contributed by atoms with Gasteiger partial charge in [0.1, 0.15) is 5.78 Å². The minimum absolute atomic E-state index is 0.0965. The van der Waals surface area contributed by atoms with Gasteiger partial charge in [-0.1, -0.05) is 78.9 Å². The lowest BCUT2D eigenvalue weighted by Crippen LogP contribution is -2.47. The van der Waals surface area contributed by atoms with E-state index in [1.165, 1.54) is 11.1 Å². The van der Waals surface area contributed by atoms with Crippen molar-refractivity contribution in [3.63, 3.8) is 0 Å². The van der Waals surface area contributed by atoms with E-state index >= 15 is 0 Å². The molecule has 5 rings (SSSR count). The molecule has 2 unspecified atom stereocenters. The average molecular weight is 442 g/mol. The van der Waals surface area contributed by atoms with Crippen molar-refractivity contribution < 1.29 is 9.59 Å². The lowest BCUT2D eigenvalue weighted by atomic mass is 9.56. The molecule has 1 saturated heterocycles. The van der Waals surface area contributed by atoms with Crippen molar-refractivity contribution in [2.45, 2.75) is 23.2 Å². The minimum Gasteiger partial charge on any atom is -0.341 e. The number of fused-ring (bicyclic) bond motifs is 1. The van der Waals surface area contributed by atoms with Crippen LogP contribution in [-0.2, 0) is 15.0 Å². The van der Waals surface area contributed by atoms with E-state index in [-0.39, 0.29) is 23.2 Å². The van der Waals surface area contributed by atoms with Gasteiger partial charge < -0.3 is 4.90 Å². The number of Topliss-reactive ketones (excluding diaryl/α,β-unsaturated/α-hetero) is 1. The van der Waals surface area contributed by atoms with Gasteiger partial charge in [0.25, 0.3) is 0 Å². The van der Waals surface area contributed by atoms with Gasteiger partial charge in [-0.15, -0.1) is 11.8 Å². The largest absolute Gasteiger partial charge is 0.341 e. The van der Waals surface area contributed by atoms with Gasteiger partial charge in [0.15, 0.2) is 0 Å².